The Kier molecular flexibility index (Phi) is 3.70. The lowest BCUT2D eigenvalue weighted by Crippen LogP contribution is -2.22. The van der Waals surface area contributed by atoms with Crippen LogP contribution in [0.3, 0.4) is 0 Å². The van der Waals surface area contributed by atoms with Gasteiger partial charge in [-0.05, 0) is 47.9 Å². The van der Waals surface area contributed by atoms with Gasteiger partial charge >= 0.3 is 5.97 Å². The summed E-state index contributed by atoms with van der Waals surface area (Å²) in [6.45, 7) is 4.42. The molecule has 0 unspecified atom stereocenters. The normalized spacial score (nSPS) is 16.1. The van der Waals surface area contributed by atoms with Gasteiger partial charge in [0.05, 0.1) is 5.56 Å². The summed E-state index contributed by atoms with van der Waals surface area (Å²) in [4.78, 5) is 13.9. The largest absolute Gasteiger partial charge is 0.478 e. The van der Waals surface area contributed by atoms with E-state index in [1.165, 1.54) is 4.88 Å². The van der Waals surface area contributed by atoms with Crippen molar-refractivity contribution in [3.05, 3.63) is 40.3 Å². The number of anilines is 1. The number of fused-ring (bicyclic) bond motifs is 1. The van der Waals surface area contributed by atoms with Crippen molar-refractivity contribution in [1.82, 2.24) is 0 Å². The van der Waals surface area contributed by atoms with E-state index in [9.17, 15) is 9.90 Å². The SMILES string of the molecule is CC1(C)CCc2sc(-c3ccc(NN)cc3)c(C(=O)O)c2C1. The molecule has 0 saturated carbocycles. The molecule has 0 amide bonds. The second-order valence-electron chi connectivity index (χ2n) is 6.58. The first-order valence-corrected chi connectivity index (χ1v) is 8.18. The van der Waals surface area contributed by atoms with Crippen LogP contribution in [0.4, 0.5) is 5.69 Å². The number of thiophene rings is 1. The van der Waals surface area contributed by atoms with Gasteiger partial charge in [-0.15, -0.1) is 11.3 Å². The van der Waals surface area contributed by atoms with Gasteiger partial charge in [-0.3, -0.25) is 5.84 Å². The number of benzene rings is 1. The van der Waals surface area contributed by atoms with Crippen LogP contribution in [-0.4, -0.2) is 11.1 Å². The van der Waals surface area contributed by atoms with Crippen LogP contribution in [0.2, 0.25) is 0 Å². The predicted molar refractivity (Wildman–Crippen MR) is 90.3 cm³/mol. The monoisotopic (exact) mass is 316 g/mol. The fourth-order valence-corrected chi connectivity index (χ4v) is 4.38. The van der Waals surface area contributed by atoms with Crippen LogP contribution in [0.1, 0.15) is 41.1 Å². The van der Waals surface area contributed by atoms with Gasteiger partial charge in [0.25, 0.3) is 0 Å². The molecule has 0 atom stereocenters. The quantitative estimate of drug-likeness (QED) is 0.593. The number of aromatic carboxylic acids is 1. The Morgan fingerprint density at radius 3 is 2.59 bits per heavy atom. The van der Waals surface area contributed by atoms with E-state index in [1.54, 1.807) is 11.3 Å². The number of carboxylic acids is 1. The van der Waals surface area contributed by atoms with E-state index < -0.39 is 5.97 Å². The zero-order chi connectivity index (χ0) is 15.9. The molecule has 1 aliphatic carbocycles. The molecule has 4 nitrogen and oxygen atoms in total. The van der Waals surface area contributed by atoms with Crippen LogP contribution in [0.15, 0.2) is 24.3 Å². The molecule has 22 heavy (non-hydrogen) atoms. The van der Waals surface area contributed by atoms with Crippen molar-refractivity contribution in [3.8, 4) is 10.4 Å². The molecule has 116 valence electrons. The number of hydrogen-bond acceptors (Lipinski definition) is 4. The molecule has 0 saturated heterocycles. The van der Waals surface area contributed by atoms with Crippen LogP contribution < -0.4 is 11.3 Å². The zero-order valence-electron chi connectivity index (χ0n) is 12.8. The Hall–Kier alpha value is -1.85. The van der Waals surface area contributed by atoms with E-state index in [1.807, 2.05) is 24.3 Å². The van der Waals surface area contributed by atoms with Crippen LogP contribution in [0.25, 0.3) is 10.4 Å². The maximum atomic E-state index is 11.8. The fourth-order valence-electron chi connectivity index (χ4n) is 3.07. The molecule has 2 aromatic rings. The molecule has 1 aromatic carbocycles. The van der Waals surface area contributed by atoms with Crippen LogP contribution >= 0.6 is 11.3 Å². The van der Waals surface area contributed by atoms with E-state index >= 15 is 0 Å². The van der Waals surface area contributed by atoms with Crippen molar-refractivity contribution < 1.29 is 9.90 Å². The molecular formula is C17H20N2O2S. The second kappa shape index (κ2) is 5.41. The van der Waals surface area contributed by atoms with Gasteiger partial charge < -0.3 is 10.5 Å². The minimum Gasteiger partial charge on any atom is -0.478 e. The van der Waals surface area contributed by atoms with Gasteiger partial charge in [0, 0.05) is 15.4 Å². The topological polar surface area (TPSA) is 75.3 Å². The molecule has 5 heteroatoms. The minimum absolute atomic E-state index is 0.170. The maximum Gasteiger partial charge on any atom is 0.337 e. The van der Waals surface area contributed by atoms with Gasteiger partial charge in [0.2, 0.25) is 0 Å². The first-order chi connectivity index (χ1) is 10.4. The second-order valence-corrected chi connectivity index (χ2v) is 7.68. The Morgan fingerprint density at radius 1 is 1.32 bits per heavy atom. The maximum absolute atomic E-state index is 11.8. The molecule has 3 rings (SSSR count). The molecule has 4 N–H and O–H groups in total. The number of nitrogens with one attached hydrogen (secondary N) is 1. The lowest BCUT2D eigenvalue weighted by atomic mass is 9.76. The highest BCUT2D eigenvalue weighted by Gasteiger charge is 2.32. The van der Waals surface area contributed by atoms with Crippen molar-refractivity contribution in [3.63, 3.8) is 0 Å². The predicted octanol–water partition coefficient (Wildman–Crippen LogP) is 3.91. The summed E-state index contributed by atoms with van der Waals surface area (Å²) in [5.74, 6) is 4.56. The average molecular weight is 316 g/mol. The third-order valence-corrected chi connectivity index (χ3v) is 5.64. The third-order valence-electron chi connectivity index (χ3n) is 4.30. The highest BCUT2D eigenvalue weighted by Crippen LogP contribution is 2.45. The number of carboxylic acid groups (broad SMARTS) is 1. The highest BCUT2D eigenvalue weighted by atomic mass is 32.1. The Balaban J connectivity index is 2.12. The summed E-state index contributed by atoms with van der Waals surface area (Å²) in [7, 11) is 0. The molecule has 1 aromatic heterocycles. The summed E-state index contributed by atoms with van der Waals surface area (Å²) < 4.78 is 0. The standard InChI is InChI=1S/C17H20N2O2S/c1-17(2)8-7-13-12(9-17)14(16(20)21)15(22-13)10-3-5-11(19-18)6-4-10/h3-6,19H,7-9,18H2,1-2H3,(H,20,21). The summed E-state index contributed by atoms with van der Waals surface area (Å²) in [5.41, 5.74) is 6.03. The lowest BCUT2D eigenvalue weighted by Gasteiger charge is -2.29. The van der Waals surface area contributed by atoms with Crippen molar-refractivity contribution in [2.24, 2.45) is 11.3 Å². The minimum atomic E-state index is -0.828. The van der Waals surface area contributed by atoms with Crippen LogP contribution in [0.5, 0.6) is 0 Å². The smallest absolute Gasteiger partial charge is 0.337 e. The number of nitrogens with two attached hydrogens (primary N) is 1. The number of carbonyl (C=O) groups is 1. The number of nitrogen functional groups attached to an aromatic ring is 1. The first kappa shape index (κ1) is 15.1. The molecule has 1 aliphatic rings. The van der Waals surface area contributed by atoms with E-state index in [2.05, 4.69) is 19.3 Å². The fraction of sp³-hybridized carbons (Fsp3) is 0.353. The van der Waals surface area contributed by atoms with Crippen LogP contribution in [0, 0.1) is 5.41 Å². The summed E-state index contributed by atoms with van der Waals surface area (Å²) in [5, 5.41) is 9.72. The van der Waals surface area contributed by atoms with Gasteiger partial charge in [-0.25, -0.2) is 4.79 Å². The first-order valence-electron chi connectivity index (χ1n) is 7.36. The molecule has 1 heterocycles. The van der Waals surface area contributed by atoms with Gasteiger partial charge in [0.1, 0.15) is 0 Å². The Labute approximate surface area is 133 Å². The molecule has 0 aliphatic heterocycles. The van der Waals surface area contributed by atoms with Crippen LogP contribution in [-0.2, 0) is 12.8 Å². The van der Waals surface area contributed by atoms with Gasteiger partial charge in [-0.2, -0.15) is 0 Å². The zero-order valence-corrected chi connectivity index (χ0v) is 13.6. The number of hydrazine groups is 1. The Morgan fingerprint density at radius 2 is 2.00 bits per heavy atom. The van der Waals surface area contributed by atoms with Gasteiger partial charge in [0.15, 0.2) is 0 Å². The third kappa shape index (κ3) is 2.62. The van der Waals surface area contributed by atoms with Crippen molar-refractivity contribution in [2.45, 2.75) is 33.1 Å². The molecular weight excluding hydrogens is 296 g/mol. The molecule has 0 bridgehead atoms. The molecule has 0 fully saturated rings. The van der Waals surface area contributed by atoms with E-state index in [0.717, 1.165) is 41.0 Å². The van der Waals surface area contributed by atoms with Gasteiger partial charge in [-0.1, -0.05) is 26.0 Å². The number of aryl methyl sites for hydroxylation is 1. The average Bonchev–Trinajstić information content (AvgIpc) is 2.84. The lowest BCUT2D eigenvalue weighted by molar-refractivity contribution is 0.0696. The van der Waals surface area contributed by atoms with Crippen molar-refractivity contribution in [1.29, 1.82) is 0 Å². The van der Waals surface area contributed by atoms with E-state index in [-0.39, 0.29) is 5.41 Å². The molecule has 0 radical (unpaired) electrons. The van der Waals surface area contributed by atoms with E-state index in [4.69, 9.17) is 5.84 Å². The van der Waals surface area contributed by atoms with Crippen molar-refractivity contribution in [2.75, 3.05) is 5.43 Å². The van der Waals surface area contributed by atoms with Crippen molar-refractivity contribution >= 4 is 23.0 Å². The summed E-state index contributed by atoms with van der Waals surface area (Å²) in [6.07, 6.45) is 2.91. The summed E-state index contributed by atoms with van der Waals surface area (Å²) in [6, 6.07) is 7.57. The number of hydrogen-bond donors (Lipinski definition) is 3. The summed E-state index contributed by atoms with van der Waals surface area (Å²) >= 11 is 1.63. The van der Waals surface area contributed by atoms with E-state index in [0.29, 0.717) is 5.56 Å². The molecule has 0 spiro atoms. The highest BCUT2D eigenvalue weighted by molar-refractivity contribution is 7.16. The Bertz CT molecular complexity index is 717. The number of rotatable bonds is 3.